The molecule has 180 valence electrons. The van der Waals surface area contributed by atoms with E-state index < -0.39 is 10.1 Å². The predicted molar refractivity (Wildman–Crippen MR) is 155 cm³/mol. The lowest BCUT2D eigenvalue weighted by Crippen LogP contribution is -2.19. The number of halogens is 2. The molecule has 7 nitrogen and oxygen atoms in total. The summed E-state index contributed by atoms with van der Waals surface area (Å²) in [6.07, 6.45) is 1.69. The molecule has 0 bridgehead atoms. The average molecular weight is 732 g/mol. The summed E-state index contributed by atoms with van der Waals surface area (Å²) >= 11 is 5.42. The smallest absolute Gasteiger partial charge is 0.339 e. The Labute approximate surface area is 234 Å². The van der Waals surface area contributed by atoms with Crippen LogP contribution >= 0.6 is 56.9 Å². The predicted octanol–water partition coefficient (Wildman–Crippen LogP) is 5.87. The number of amidine groups is 1. The van der Waals surface area contributed by atoms with E-state index >= 15 is 0 Å². The van der Waals surface area contributed by atoms with Gasteiger partial charge in [-0.05, 0) is 124 Å². The standard InChI is InChI=1S/C24H18I2N2O5S2/c1-14-3-9-18(10-4-14)35(30,31)33-22-19(26)11-15(12-20(22)32-2)13-21-23(29)28-24(34-21)27-17-7-5-16(25)6-8-17/h3-13H,1-2H3,(H,27,28,29)/b21-13+. The highest BCUT2D eigenvalue weighted by Gasteiger charge is 2.25. The van der Waals surface area contributed by atoms with Gasteiger partial charge in [0.05, 0.1) is 21.3 Å². The maximum Gasteiger partial charge on any atom is 0.339 e. The van der Waals surface area contributed by atoms with Crippen LogP contribution in [0.25, 0.3) is 6.08 Å². The molecule has 1 amide bonds. The maximum atomic E-state index is 12.8. The van der Waals surface area contributed by atoms with Gasteiger partial charge >= 0.3 is 10.1 Å². The molecule has 0 aromatic heterocycles. The normalized spacial score (nSPS) is 15.9. The summed E-state index contributed by atoms with van der Waals surface area (Å²) in [4.78, 5) is 17.5. The van der Waals surface area contributed by atoms with E-state index in [1.807, 2.05) is 53.8 Å². The third-order valence-corrected chi connectivity index (χ3v) is 8.43. The van der Waals surface area contributed by atoms with Crippen LogP contribution in [0, 0.1) is 14.1 Å². The number of carbonyl (C=O) groups excluding carboxylic acids is 1. The zero-order valence-electron chi connectivity index (χ0n) is 18.4. The molecule has 0 saturated carbocycles. The number of nitrogens with zero attached hydrogens (tertiary/aromatic N) is 1. The first kappa shape index (κ1) is 26.0. The summed E-state index contributed by atoms with van der Waals surface area (Å²) in [5.41, 5.74) is 2.33. The third kappa shape index (κ3) is 6.37. The van der Waals surface area contributed by atoms with Crippen molar-refractivity contribution in [3.05, 3.63) is 83.8 Å². The average Bonchev–Trinajstić information content (AvgIpc) is 3.15. The van der Waals surface area contributed by atoms with Crippen LogP contribution in [0.15, 0.2) is 75.5 Å². The monoisotopic (exact) mass is 732 g/mol. The lowest BCUT2D eigenvalue weighted by Gasteiger charge is -2.13. The summed E-state index contributed by atoms with van der Waals surface area (Å²) in [6.45, 7) is 1.87. The van der Waals surface area contributed by atoms with Gasteiger partial charge in [0.25, 0.3) is 5.91 Å². The van der Waals surface area contributed by atoms with E-state index in [2.05, 4.69) is 32.9 Å². The number of hydrogen-bond acceptors (Lipinski definition) is 7. The second-order valence-corrected chi connectivity index (χ2v) is 12.3. The van der Waals surface area contributed by atoms with Crippen LogP contribution < -0.4 is 14.2 Å². The molecule has 1 aliphatic rings. The molecule has 0 aliphatic carbocycles. The van der Waals surface area contributed by atoms with Crippen molar-refractivity contribution in [1.29, 1.82) is 0 Å². The molecule has 0 unspecified atom stereocenters. The first-order valence-corrected chi connectivity index (χ1v) is 14.5. The number of nitrogens with one attached hydrogen (secondary N) is 1. The van der Waals surface area contributed by atoms with Crippen LogP contribution in [0.5, 0.6) is 11.5 Å². The Hall–Kier alpha value is -2.10. The Morgan fingerprint density at radius 2 is 1.71 bits per heavy atom. The molecule has 1 N–H and O–H groups in total. The molecule has 11 heteroatoms. The van der Waals surface area contributed by atoms with Crippen LogP contribution in [-0.4, -0.2) is 26.6 Å². The van der Waals surface area contributed by atoms with Gasteiger partial charge < -0.3 is 14.2 Å². The van der Waals surface area contributed by atoms with E-state index in [9.17, 15) is 13.2 Å². The third-order valence-electron chi connectivity index (χ3n) is 4.76. The summed E-state index contributed by atoms with van der Waals surface area (Å²) in [5, 5.41) is 3.24. The second-order valence-electron chi connectivity index (χ2n) is 7.34. The van der Waals surface area contributed by atoms with E-state index in [0.717, 1.165) is 14.8 Å². The molecule has 1 aliphatic heterocycles. The van der Waals surface area contributed by atoms with E-state index in [1.165, 1.54) is 31.0 Å². The summed E-state index contributed by atoms with van der Waals surface area (Å²) in [5.74, 6) is 0.0476. The van der Waals surface area contributed by atoms with Crippen LogP contribution in [0.2, 0.25) is 0 Å². The van der Waals surface area contributed by atoms with Gasteiger partial charge in [0, 0.05) is 3.57 Å². The van der Waals surface area contributed by atoms with Crippen molar-refractivity contribution in [3.8, 4) is 11.5 Å². The molecule has 1 fully saturated rings. The zero-order valence-corrected chi connectivity index (χ0v) is 24.4. The zero-order chi connectivity index (χ0) is 25.2. The SMILES string of the molecule is COc1cc(/C=C2/SC(=Nc3ccc(I)cc3)NC2=O)cc(I)c1OS(=O)(=O)c1ccc(C)cc1. The molecule has 4 rings (SSSR count). The Kier molecular flexibility index (Phi) is 8.08. The summed E-state index contributed by atoms with van der Waals surface area (Å²) < 4.78 is 38.0. The van der Waals surface area contributed by atoms with E-state index in [-0.39, 0.29) is 22.3 Å². The van der Waals surface area contributed by atoms with Crippen molar-refractivity contribution < 1.29 is 22.1 Å². The van der Waals surface area contributed by atoms with Gasteiger partial charge in [0.2, 0.25) is 0 Å². The van der Waals surface area contributed by atoms with Crippen molar-refractivity contribution in [2.24, 2.45) is 4.99 Å². The summed E-state index contributed by atoms with van der Waals surface area (Å²) in [7, 11) is -2.63. The topological polar surface area (TPSA) is 94.1 Å². The highest BCUT2D eigenvalue weighted by Crippen LogP contribution is 2.37. The molecule has 0 radical (unpaired) electrons. The van der Waals surface area contributed by atoms with E-state index in [0.29, 0.717) is 19.2 Å². The number of methoxy groups -OCH3 is 1. The van der Waals surface area contributed by atoms with Crippen LogP contribution in [0.1, 0.15) is 11.1 Å². The lowest BCUT2D eigenvalue weighted by atomic mass is 10.2. The number of aliphatic imine (C=N–C) groups is 1. The number of amides is 1. The fourth-order valence-electron chi connectivity index (χ4n) is 3.03. The molecule has 1 saturated heterocycles. The van der Waals surface area contributed by atoms with Gasteiger partial charge in [0.15, 0.2) is 16.7 Å². The second kappa shape index (κ2) is 10.9. The molecule has 3 aromatic rings. The Bertz CT molecular complexity index is 1450. The largest absolute Gasteiger partial charge is 0.493 e. The van der Waals surface area contributed by atoms with Gasteiger partial charge in [-0.1, -0.05) is 17.7 Å². The number of thioether (sulfide) groups is 1. The number of aryl methyl sites for hydroxylation is 1. The number of carbonyl (C=O) groups is 1. The summed E-state index contributed by atoms with van der Waals surface area (Å²) in [6, 6.07) is 17.4. The quantitative estimate of drug-likeness (QED) is 0.194. The van der Waals surface area contributed by atoms with Gasteiger partial charge in [-0.15, -0.1) is 0 Å². The Morgan fingerprint density at radius 1 is 1.03 bits per heavy atom. The molecule has 0 spiro atoms. The number of rotatable bonds is 6. The lowest BCUT2D eigenvalue weighted by molar-refractivity contribution is -0.115. The van der Waals surface area contributed by atoms with Gasteiger partial charge in [0.1, 0.15) is 4.90 Å². The first-order valence-electron chi connectivity index (χ1n) is 10.1. The van der Waals surface area contributed by atoms with Gasteiger partial charge in [-0.2, -0.15) is 8.42 Å². The fraction of sp³-hybridized carbons (Fsp3) is 0.0833. The highest BCUT2D eigenvalue weighted by molar-refractivity contribution is 14.1. The Morgan fingerprint density at radius 3 is 2.37 bits per heavy atom. The molecule has 35 heavy (non-hydrogen) atoms. The molecule has 0 atom stereocenters. The van der Waals surface area contributed by atoms with E-state index in [1.54, 1.807) is 30.3 Å². The molecule has 3 aromatic carbocycles. The highest BCUT2D eigenvalue weighted by atomic mass is 127. The number of hydrogen-bond donors (Lipinski definition) is 1. The van der Waals surface area contributed by atoms with Crippen LogP contribution in [-0.2, 0) is 14.9 Å². The Balaban J connectivity index is 1.60. The van der Waals surface area contributed by atoms with Crippen molar-refractivity contribution in [2.45, 2.75) is 11.8 Å². The molecular weight excluding hydrogens is 714 g/mol. The van der Waals surface area contributed by atoms with Crippen LogP contribution in [0.3, 0.4) is 0 Å². The van der Waals surface area contributed by atoms with Crippen molar-refractivity contribution in [2.75, 3.05) is 7.11 Å². The van der Waals surface area contributed by atoms with Gasteiger partial charge in [-0.25, -0.2) is 4.99 Å². The number of benzene rings is 3. The minimum atomic E-state index is -4.05. The minimum Gasteiger partial charge on any atom is -0.493 e. The number of ether oxygens (including phenoxy) is 1. The van der Waals surface area contributed by atoms with Crippen molar-refractivity contribution in [3.63, 3.8) is 0 Å². The maximum absolute atomic E-state index is 12.8. The van der Waals surface area contributed by atoms with Crippen molar-refractivity contribution in [1.82, 2.24) is 5.32 Å². The minimum absolute atomic E-state index is 0.0473. The van der Waals surface area contributed by atoms with E-state index in [4.69, 9.17) is 8.92 Å². The fourth-order valence-corrected chi connectivity index (χ4v) is 6.07. The molecular formula is C24H18I2N2O5S2. The van der Waals surface area contributed by atoms with Gasteiger partial charge in [-0.3, -0.25) is 4.79 Å². The van der Waals surface area contributed by atoms with Crippen molar-refractivity contribution >= 4 is 89.9 Å². The molecule has 1 heterocycles. The first-order chi connectivity index (χ1) is 16.6. The van der Waals surface area contributed by atoms with Crippen LogP contribution in [0.4, 0.5) is 5.69 Å².